The number of hydrogen-bond acceptors (Lipinski definition) is 6. The fourth-order valence-corrected chi connectivity index (χ4v) is 3.63. The molecule has 1 aliphatic heterocycles. The summed E-state index contributed by atoms with van der Waals surface area (Å²) in [6, 6.07) is 10.6. The van der Waals surface area contributed by atoms with Gasteiger partial charge in [-0.1, -0.05) is 24.1 Å². The minimum absolute atomic E-state index is 0.0779. The van der Waals surface area contributed by atoms with E-state index in [9.17, 15) is 9.59 Å². The zero-order chi connectivity index (χ0) is 19.0. The highest BCUT2D eigenvalue weighted by Crippen LogP contribution is 2.49. The number of esters is 1. The number of ether oxygens (including phenoxy) is 4. The topological polar surface area (TPSA) is 71.1 Å². The van der Waals surface area contributed by atoms with Crippen molar-refractivity contribution >= 4 is 11.8 Å². The summed E-state index contributed by atoms with van der Waals surface area (Å²) in [4.78, 5) is 25.5. The highest BCUT2D eigenvalue weighted by atomic mass is 16.7. The molecule has 1 heterocycles. The molecule has 0 saturated carbocycles. The molecule has 0 spiro atoms. The largest absolute Gasteiger partial charge is 0.481 e. The Labute approximate surface area is 156 Å². The monoisotopic (exact) mass is 364 g/mol. The van der Waals surface area contributed by atoms with E-state index in [4.69, 9.17) is 25.4 Å². The van der Waals surface area contributed by atoms with Crippen LogP contribution in [0.15, 0.2) is 36.4 Å². The SMILES string of the molecule is C#CCOc1ccccc1[C@@H]1c2cc3c(cc2C(=O)[C@H]1C(=O)OC)OCO3. The van der Waals surface area contributed by atoms with Crippen molar-refractivity contribution < 1.29 is 28.5 Å². The molecule has 27 heavy (non-hydrogen) atoms. The van der Waals surface area contributed by atoms with Crippen LogP contribution in [0.1, 0.15) is 27.4 Å². The van der Waals surface area contributed by atoms with Crippen LogP contribution in [-0.2, 0) is 9.53 Å². The lowest BCUT2D eigenvalue weighted by atomic mass is 9.85. The number of carbonyl (C=O) groups excluding carboxylic acids is 2. The summed E-state index contributed by atoms with van der Waals surface area (Å²) in [5, 5.41) is 0. The number of methoxy groups -OCH3 is 1. The van der Waals surface area contributed by atoms with Gasteiger partial charge >= 0.3 is 5.97 Å². The molecule has 2 aromatic rings. The van der Waals surface area contributed by atoms with E-state index in [1.54, 1.807) is 24.3 Å². The molecule has 2 atom stereocenters. The van der Waals surface area contributed by atoms with Crippen molar-refractivity contribution in [2.45, 2.75) is 5.92 Å². The minimum atomic E-state index is -1.01. The van der Waals surface area contributed by atoms with Gasteiger partial charge in [0.2, 0.25) is 6.79 Å². The molecule has 0 N–H and O–H groups in total. The smallest absolute Gasteiger partial charge is 0.317 e. The van der Waals surface area contributed by atoms with Gasteiger partial charge in [-0.2, -0.15) is 0 Å². The van der Waals surface area contributed by atoms with E-state index in [0.717, 1.165) is 0 Å². The lowest BCUT2D eigenvalue weighted by molar-refractivity contribution is -0.143. The summed E-state index contributed by atoms with van der Waals surface area (Å²) >= 11 is 0. The molecule has 0 amide bonds. The molecule has 0 bridgehead atoms. The average Bonchev–Trinajstić information content (AvgIpc) is 3.26. The normalized spacial score (nSPS) is 19.3. The van der Waals surface area contributed by atoms with Gasteiger partial charge in [0.15, 0.2) is 17.3 Å². The van der Waals surface area contributed by atoms with Gasteiger partial charge in [-0.25, -0.2) is 0 Å². The molecule has 0 saturated heterocycles. The van der Waals surface area contributed by atoms with Gasteiger partial charge in [-0.15, -0.1) is 6.42 Å². The van der Waals surface area contributed by atoms with Crippen LogP contribution in [0.25, 0.3) is 0 Å². The third-order valence-electron chi connectivity index (χ3n) is 4.78. The molecule has 0 fully saturated rings. The summed E-state index contributed by atoms with van der Waals surface area (Å²) in [6.07, 6.45) is 5.30. The molecular formula is C21H16O6. The quantitative estimate of drug-likeness (QED) is 0.472. The van der Waals surface area contributed by atoms with Crippen molar-refractivity contribution in [2.75, 3.05) is 20.5 Å². The summed E-state index contributed by atoms with van der Waals surface area (Å²) in [5.41, 5.74) is 1.79. The Morgan fingerprint density at radius 1 is 1.22 bits per heavy atom. The van der Waals surface area contributed by atoms with Crippen molar-refractivity contribution in [3.8, 4) is 29.6 Å². The van der Waals surface area contributed by atoms with Gasteiger partial charge in [0.05, 0.1) is 7.11 Å². The lowest BCUT2D eigenvalue weighted by Gasteiger charge is -2.20. The van der Waals surface area contributed by atoms with Crippen LogP contribution in [0.3, 0.4) is 0 Å². The minimum Gasteiger partial charge on any atom is -0.481 e. The van der Waals surface area contributed by atoms with Crippen LogP contribution in [0.4, 0.5) is 0 Å². The van der Waals surface area contributed by atoms with Crippen molar-refractivity contribution in [2.24, 2.45) is 5.92 Å². The van der Waals surface area contributed by atoms with Crippen molar-refractivity contribution in [1.29, 1.82) is 0 Å². The zero-order valence-corrected chi connectivity index (χ0v) is 14.6. The molecule has 4 rings (SSSR count). The number of ketones is 1. The molecule has 2 aliphatic rings. The van der Waals surface area contributed by atoms with Crippen LogP contribution < -0.4 is 14.2 Å². The van der Waals surface area contributed by atoms with Crippen molar-refractivity contribution in [3.63, 3.8) is 0 Å². The van der Waals surface area contributed by atoms with Gasteiger partial charge in [-0.3, -0.25) is 9.59 Å². The third-order valence-corrected chi connectivity index (χ3v) is 4.78. The molecule has 0 unspecified atom stereocenters. The van der Waals surface area contributed by atoms with Crippen LogP contribution in [-0.4, -0.2) is 32.3 Å². The number of para-hydroxylation sites is 1. The van der Waals surface area contributed by atoms with Gasteiger partial charge in [0.1, 0.15) is 18.3 Å². The molecule has 1 aliphatic carbocycles. The Hall–Kier alpha value is -3.46. The molecule has 6 heteroatoms. The van der Waals surface area contributed by atoms with Crippen LogP contribution >= 0.6 is 0 Å². The third kappa shape index (κ3) is 2.68. The predicted octanol–water partition coefficient (Wildman–Crippen LogP) is 2.54. The molecule has 0 radical (unpaired) electrons. The van der Waals surface area contributed by atoms with Crippen LogP contribution in [0, 0.1) is 18.3 Å². The van der Waals surface area contributed by atoms with E-state index in [-0.39, 0.29) is 19.2 Å². The predicted molar refractivity (Wildman–Crippen MR) is 95.0 cm³/mol. The van der Waals surface area contributed by atoms with E-state index in [2.05, 4.69) is 5.92 Å². The summed E-state index contributed by atoms with van der Waals surface area (Å²) in [5.74, 6) is 1.48. The summed E-state index contributed by atoms with van der Waals surface area (Å²) in [7, 11) is 1.27. The second-order valence-corrected chi connectivity index (χ2v) is 6.17. The standard InChI is InChI=1S/C21H16O6/c1-3-8-25-15-7-5-4-6-12(15)18-13-9-16-17(27-11-26-16)10-14(13)20(22)19(18)21(23)24-2/h1,4-7,9-10,18-19H,8,11H2,2H3/t18-,19+/m1/s1. The Balaban J connectivity index is 1.89. The zero-order valence-electron chi connectivity index (χ0n) is 14.6. The highest BCUT2D eigenvalue weighted by Gasteiger charge is 2.47. The van der Waals surface area contributed by atoms with Gasteiger partial charge < -0.3 is 18.9 Å². The molecular weight excluding hydrogens is 348 g/mol. The second-order valence-electron chi connectivity index (χ2n) is 6.17. The molecule has 2 aromatic carbocycles. The van der Waals surface area contributed by atoms with E-state index < -0.39 is 17.8 Å². The van der Waals surface area contributed by atoms with Crippen molar-refractivity contribution in [3.05, 3.63) is 53.1 Å². The van der Waals surface area contributed by atoms with E-state index in [0.29, 0.717) is 33.9 Å². The maximum atomic E-state index is 13.0. The van der Waals surface area contributed by atoms with Gasteiger partial charge in [-0.05, 0) is 23.8 Å². The highest BCUT2D eigenvalue weighted by molar-refractivity contribution is 6.14. The first kappa shape index (κ1) is 17.0. The van der Waals surface area contributed by atoms with Gasteiger partial charge in [0.25, 0.3) is 0 Å². The number of terminal acetylenes is 1. The fourth-order valence-electron chi connectivity index (χ4n) is 3.63. The maximum absolute atomic E-state index is 13.0. The van der Waals surface area contributed by atoms with E-state index >= 15 is 0 Å². The van der Waals surface area contributed by atoms with Crippen LogP contribution in [0.2, 0.25) is 0 Å². The Morgan fingerprint density at radius 3 is 2.70 bits per heavy atom. The summed E-state index contributed by atoms with van der Waals surface area (Å²) in [6.45, 7) is 0.175. The van der Waals surface area contributed by atoms with Gasteiger partial charge in [0, 0.05) is 17.0 Å². The fraction of sp³-hybridized carbons (Fsp3) is 0.238. The Morgan fingerprint density at radius 2 is 1.96 bits per heavy atom. The second kappa shape index (κ2) is 6.69. The number of benzene rings is 2. The van der Waals surface area contributed by atoms with Crippen molar-refractivity contribution in [1.82, 2.24) is 0 Å². The maximum Gasteiger partial charge on any atom is 0.317 e. The lowest BCUT2D eigenvalue weighted by Crippen LogP contribution is -2.26. The molecule has 0 aromatic heterocycles. The summed E-state index contributed by atoms with van der Waals surface area (Å²) < 4.78 is 21.4. The Bertz CT molecular complexity index is 971. The van der Waals surface area contributed by atoms with Crippen LogP contribution in [0.5, 0.6) is 17.2 Å². The first-order chi connectivity index (χ1) is 13.2. The number of Topliss-reactive ketones (excluding diaryl/α,β-unsaturated/α-hetero) is 1. The van der Waals surface area contributed by atoms with E-state index in [1.165, 1.54) is 7.11 Å². The van der Waals surface area contributed by atoms with E-state index in [1.807, 2.05) is 12.1 Å². The average molecular weight is 364 g/mol. The molecule has 136 valence electrons. The number of carbonyl (C=O) groups is 2. The first-order valence-corrected chi connectivity index (χ1v) is 8.36. The first-order valence-electron chi connectivity index (χ1n) is 8.36. The Kier molecular flexibility index (Phi) is 4.21. The number of fused-ring (bicyclic) bond motifs is 2. The number of hydrogen-bond donors (Lipinski definition) is 0. The number of rotatable bonds is 4. The molecule has 6 nitrogen and oxygen atoms in total.